The van der Waals surface area contributed by atoms with Crippen molar-refractivity contribution in [1.82, 2.24) is 5.32 Å². The van der Waals surface area contributed by atoms with Gasteiger partial charge >= 0.3 is 0 Å². The number of amides is 1. The van der Waals surface area contributed by atoms with Crippen LogP contribution >= 0.6 is 0 Å². The van der Waals surface area contributed by atoms with Crippen molar-refractivity contribution in [1.29, 1.82) is 0 Å². The Morgan fingerprint density at radius 2 is 0.875 bits per heavy atom. The molecule has 19 nitrogen and oxygen atoms in total. The van der Waals surface area contributed by atoms with Crippen LogP contribution in [0.3, 0.4) is 0 Å². The molecule has 80 heavy (non-hydrogen) atoms. The van der Waals surface area contributed by atoms with Crippen molar-refractivity contribution in [2.45, 2.75) is 240 Å². The number of ether oxygens (including phenoxy) is 6. The molecule has 3 aliphatic heterocycles. The zero-order valence-corrected chi connectivity index (χ0v) is 47.2. The first-order chi connectivity index (χ1) is 38.8. The molecule has 0 spiro atoms. The van der Waals surface area contributed by atoms with E-state index < -0.39 is 131 Å². The van der Waals surface area contributed by atoms with Crippen LogP contribution < -0.4 is 5.32 Å². The van der Waals surface area contributed by atoms with Crippen molar-refractivity contribution >= 4 is 5.91 Å². The van der Waals surface area contributed by atoms with Gasteiger partial charge in [-0.05, 0) is 83.5 Å². The Kier molecular flexibility index (Phi) is 38.1. The number of rotatable bonds is 40. The molecule has 456 valence electrons. The van der Waals surface area contributed by atoms with E-state index in [2.05, 4.69) is 104 Å². The molecule has 0 aromatic rings. The largest absolute Gasteiger partial charge is 0.394 e. The van der Waals surface area contributed by atoms with Crippen molar-refractivity contribution in [2.24, 2.45) is 0 Å². The number of hydrogen-bond donors (Lipinski definition) is 12. The number of allylic oxidation sites excluding steroid dienone is 17. The van der Waals surface area contributed by atoms with E-state index in [-0.39, 0.29) is 12.3 Å². The molecule has 0 radical (unpaired) electrons. The van der Waals surface area contributed by atoms with Crippen molar-refractivity contribution in [3.05, 3.63) is 109 Å². The minimum absolute atomic E-state index is 0.148. The second kappa shape index (κ2) is 43.1. The summed E-state index contributed by atoms with van der Waals surface area (Å²) in [6.45, 7) is 1.48. The highest BCUT2D eigenvalue weighted by Crippen LogP contribution is 2.33. The Morgan fingerprint density at radius 1 is 0.463 bits per heavy atom. The maximum Gasteiger partial charge on any atom is 0.220 e. The molecule has 19 heteroatoms. The smallest absolute Gasteiger partial charge is 0.220 e. The second-order valence-electron chi connectivity index (χ2n) is 20.4. The van der Waals surface area contributed by atoms with Crippen molar-refractivity contribution in [2.75, 3.05) is 26.4 Å². The number of carbonyl (C=O) groups excluding carboxylic acids is 1. The molecule has 17 atom stereocenters. The molecule has 0 aromatic carbocycles. The second-order valence-corrected chi connectivity index (χ2v) is 20.4. The average molecular weight is 1130 g/mol. The minimum Gasteiger partial charge on any atom is -0.394 e. The summed E-state index contributed by atoms with van der Waals surface area (Å²) in [4.78, 5) is 13.3. The average Bonchev–Trinajstić information content (AvgIpc) is 3.45. The van der Waals surface area contributed by atoms with E-state index in [1.165, 1.54) is 32.1 Å². The van der Waals surface area contributed by atoms with Gasteiger partial charge in [-0.3, -0.25) is 4.79 Å². The number of aliphatic hydroxyl groups is 11. The number of aliphatic hydroxyl groups excluding tert-OH is 11. The summed E-state index contributed by atoms with van der Waals surface area (Å²) in [6.07, 6.45) is 28.0. The molecular weight excluding hydrogens is 1030 g/mol. The Morgan fingerprint density at radius 3 is 1.40 bits per heavy atom. The van der Waals surface area contributed by atoms with Crippen molar-refractivity contribution in [3.63, 3.8) is 0 Å². The van der Waals surface area contributed by atoms with Crippen LogP contribution in [0.5, 0.6) is 0 Å². The van der Waals surface area contributed by atoms with Gasteiger partial charge in [0.2, 0.25) is 5.91 Å². The maximum atomic E-state index is 13.3. The first-order valence-corrected chi connectivity index (χ1v) is 29.1. The van der Waals surface area contributed by atoms with E-state index >= 15 is 0 Å². The molecule has 3 heterocycles. The molecule has 0 aromatic heterocycles. The molecule has 17 unspecified atom stereocenters. The van der Waals surface area contributed by atoms with Crippen LogP contribution in [0.1, 0.15) is 136 Å². The topological polar surface area (TPSA) is 307 Å². The predicted molar refractivity (Wildman–Crippen MR) is 304 cm³/mol. The Labute approximate surface area is 475 Å². The summed E-state index contributed by atoms with van der Waals surface area (Å²) < 4.78 is 34.1. The van der Waals surface area contributed by atoms with Crippen LogP contribution in [-0.4, -0.2) is 193 Å². The number of hydrogen-bond acceptors (Lipinski definition) is 18. The summed E-state index contributed by atoms with van der Waals surface area (Å²) in [5.41, 5.74) is 0. The Balaban J connectivity index is 1.52. The van der Waals surface area contributed by atoms with Gasteiger partial charge in [0.25, 0.3) is 0 Å². The van der Waals surface area contributed by atoms with Crippen LogP contribution in [0.25, 0.3) is 0 Å². The SMILES string of the molecule is CC/C=C\C/C=C\C/C=C\C/C=C\C/C=C\C/C=C\C/C=C\CCCC(=O)NC(COC1OC(CO)C(OC2OC(CO)C(OC3OC(CO)C(O)C(O)C3O)C(O)C2O)C(O)C1O)C(O)/C=C/CC/C=C/CCCCCCCC. The third-order valence-corrected chi connectivity index (χ3v) is 13.8. The molecular formula is C61H99NO18. The molecule has 3 saturated heterocycles. The molecule has 3 fully saturated rings. The summed E-state index contributed by atoms with van der Waals surface area (Å²) in [5, 5.41) is 120. The monoisotopic (exact) mass is 1130 g/mol. The standard InChI is InChI=1S/C61H99NO18/c1-3-5-7-9-11-13-15-17-18-19-20-21-22-23-24-25-26-27-29-31-33-35-37-39-49(67)62-44(45(66)38-36-34-32-30-28-16-14-12-10-8-6-4-2)43-75-59-55(73)52(70)57(47(41-64)77-59)80-61-56(74)53(71)58(48(42-65)78-61)79-60-54(72)51(69)50(68)46(40-63)76-60/h5,7,11,13,17-18,20-21,23-24,26-28,30-31,33,36,38,44-48,50-61,63-66,68-74H,3-4,6,8-10,12,14-16,19,22,25,29,32,34-35,37,39-43H2,1-2H3,(H,62,67)/b7-5-,13-11-,18-17-,21-20-,24-23-,27-26-,30-28+,33-31-,38-36+. The van der Waals surface area contributed by atoms with E-state index in [9.17, 15) is 61.0 Å². The maximum absolute atomic E-state index is 13.3. The molecule has 0 aliphatic carbocycles. The summed E-state index contributed by atoms with van der Waals surface area (Å²) in [7, 11) is 0. The lowest BCUT2D eigenvalue weighted by atomic mass is 9.96. The quantitative estimate of drug-likeness (QED) is 0.0291. The molecule has 3 rings (SSSR count). The van der Waals surface area contributed by atoms with Crippen molar-refractivity contribution < 1.29 is 89.4 Å². The van der Waals surface area contributed by atoms with Crippen LogP contribution in [0, 0.1) is 0 Å². The first kappa shape index (κ1) is 70.7. The van der Waals surface area contributed by atoms with Gasteiger partial charge < -0.3 is 89.9 Å². The normalized spacial score (nSPS) is 30.8. The van der Waals surface area contributed by atoms with E-state index in [0.717, 1.165) is 64.2 Å². The van der Waals surface area contributed by atoms with Gasteiger partial charge in [0.15, 0.2) is 18.9 Å². The van der Waals surface area contributed by atoms with Gasteiger partial charge in [0.05, 0.1) is 38.6 Å². The van der Waals surface area contributed by atoms with Crippen LogP contribution in [0.4, 0.5) is 0 Å². The van der Waals surface area contributed by atoms with Gasteiger partial charge in [-0.1, -0.05) is 155 Å². The summed E-state index contributed by atoms with van der Waals surface area (Å²) in [5.74, 6) is -0.351. The molecule has 1 amide bonds. The highest BCUT2D eigenvalue weighted by Gasteiger charge is 2.53. The fourth-order valence-electron chi connectivity index (χ4n) is 9.02. The van der Waals surface area contributed by atoms with Crippen LogP contribution in [0.2, 0.25) is 0 Å². The highest BCUT2D eigenvalue weighted by atomic mass is 16.8. The third kappa shape index (κ3) is 26.8. The van der Waals surface area contributed by atoms with Gasteiger partial charge in [0, 0.05) is 6.42 Å². The Bertz CT molecular complexity index is 1880. The van der Waals surface area contributed by atoms with Crippen molar-refractivity contribution in [3.8, 4) is 0 Å². The van der Waals surface area contributed by atoms with Gasteiger partial charge in [-0.15, -0.1) is 0 Å². The van der Waals surface area contributed by atoms with E-state index in [1.54, 1.807) is 6.08 Å². The van der Waals surface area contributed by atoms with E-state index in [0.29, 0.717) is 19.3 Å². The Hall–Kier alpha value is -3.55. The zero-order chi connectivity index (χ0) is 58.3. The number of nitrogens with one attached hydrogen (secondary N) is 1. The third-order valence-electron chi connectivity index (χ3n) is 13.8. The van der Waals surface area contributed by atoms with Crippen LogP contribution in [-0.2, 0) is 33.2 Å². The molecule has 0 saturated carbocycles. The van der Waals surface area contributed by atoms with Gasteiger partial charge in [-0.2, -0.15) is 0 Å². The lowest BCUT2D eigenvalue weighted by molar-refractivity contribution is -0.379. The molecule has 12 N–H and O–H groups in total. The van der Waals surface area contributed by atoms with E-state index in [4.69, 9.17) is 28.4 Å². The zero-order valence-electron chi connectivity index (χ0n) is 47.2. The van der Waals surface area contributed by atoms with Gasteiger partial charge in [-0.25, -0.2) is 0 Å². The fraction of sp³-hybridized carbons (Fsp3) is 0.689. The summed E-state index contributed by atoms with van der Waals surface area (Å²) >= 11 is 0. The van der Waals surface area contributed by atoms with Crippen LogP contribution in [0.15, 0.2) is 109 Å². The lowest BCUT2D eigenvalue weighted by Gasteiger charge is -2.48. The first-order valence-electron chi connectivity index (χ1n) is 29.1. The lowest BCUT2D eigenvalue weighted by Crippen LogP contribution is -2.66. The van der Waals surface area contributed by atoms with Gasteiger partial charge in [0.1, 0.15) is 73.2 Å². The molecule has 0 bridgehead atoms. The minimum atomic E-state index is -1.99. The highest BCUT2D eigenvalue weighted by molar-refractivity contribution is 5.76. The fourth-order valence-corrected chi connectivity index (χ4v) is 9.02. The number of carbonyl (C=O) groups is 1. The molecule has 3 aliphatic rings. The number of unbranched alkanes of at least 4 members (excludes halogenated alkanes) is 8. The predicted octanol–water partition coefficient (Wildman–Crippen LogP) is 4.75. The van der Waals surface area contributed by atoms with E-state index in [1.807, 2.05) is 18.2 Å². The summed E-state index contributed by atoms with van der Waals surface area (Å²) in [6, 6.07) is -1.03.